The van der Waals surface area contributed by atoms with Crippen molar-refractivity contribution in [2.24, 2.45) is 7.05 Å². The molecule has 0 aliphatic carbocycles. The lowest BCUT2D eigenvalue weighted by Crippen LogP contribution is -2.33. The summed E-state index contributed by atoms with van der Waals surface area (Å²) in [5.74, 6) is 2.09. The predicted octanol–water partition coefficient (Wildman–Crippen LogP) is 2.82. The molecule has 5 rings (SSSR count). The Bertz CT molecular complexity index is 1100. The Kier molecular flexibility index (Phi) is 4.78. The molecule has 2 aliphatic rings. The topological polar surface area (TPSA) is 89.7 Å². The summed E-state index contributed by atoms with van der Waals surface area (Å²) >= 11 is 0. The maximum Gasteiger partial charge on any atom is 0.354 e. The van der Waals surface area contributed by atoms with Gasteiger partial charge >= 0.3 is 5.97 Å². The molecule has 0 amide bonds. The van der Waals surface area contributed by atoms with Gasteiger partial charge in [-0.25, -0.2) is 14.8 Å². The number of para-hydroxylation sites is 1. The zero-order valence-electron chi connectivity index (χ0n) is 16.9. The van der Waals surface area contributed by atoms with Gasteiger partial charge in [-0.05, 0) is 50.0 Å². The molecule has 0 unspecified atom stereocenters. The van der Waals surface area contributed by atoms with Crippen molar-refractivity contribution in [2.45, 2.75) is 25.3 Å². The third-order valence-corrected chi connectivity index (χ3v) is 6.02. The van der Waals surface area contributed by atoms with E-state index in [-0.39, 0.29) is 5.69 Å². The molecule has 30 heavy (non-hydrogen) atoms. The van der Waals surface area contributed by atoms with Crippen LogP contribution < -0.4 is 9.47 Å². The zero-order valence-corrected chi connectivity index (χ0v) is 16.9. The number of benzene rings is 1. The van der Waals surface area contributed by atoms with Crippen LogP contribution in [0, 0.1) is 0 Å². The summed E-state index contributed by atoms with van der Waals surface area (Å²) in [5.41, 5.74) is 2.61. The minimum Gasteiger partial charge on any atom is -0.486 e. The first-order valence-corrected chi connectivity index (χ1v) is 10.3. The number of nitrogens with zero attached hydrogens (tertiary/aromatic N) is 4. The van der Waals surface area contributed by atoms with E-state index in [2.05, 4.69) is 20.9 Å². The number of carboxylic acid groups (broad SMARTS) is 1. The quantitative estimate of drug-likeness (QED) is 0.710. The Labute approximate surface area is 174 Å². The number of likely N-dealkylation sites (tertiary alicyclic amines) is 1. The average molecular weight is 408 g/mol. The van der Waals surface area contributed by atoms with Gasteiger partial charge in [0.2, 0.25) is 0 Å². The van der Waals surface area contributed by atoms with Crippen LogP contribution in [0.15, 0.2) is 30.3 Å². The number of rotatable bonds is 4. The number of aromatic nitrogens is 3. The van der Waals surface area contributed by atoms with Crippen molar-refractivity contribution in [2.75, 3.05) is 26.3 Å². The molecule has 2 aliphatic heterocycles. The predicted molar refractivity (Wildman–Crippen MR) is 110 cm³/mol. The molecule has 0 bridgehead atoms. The fourth-order valence-electron chi connectivity index (χ4n) is 4.39. The fraction of sp³-hybridized carbons (Fsp3) is 0.409. The minimum absolute atomic E-state index is 0.0373. The number of imidazole rings is 1. The number of hydrogen-bond acceptors (Lipinski definition) is 6. The molecule has 8 heteroatoms. The second kappa shape index (κ2) is 7.60. The number of pyridine rings is 1. The highest BCUT2D eigenvalue weighted by Gasteiger charge is 2.27. The summed E-state index contributed by atoms with van der Waals surface area (Å²) in [5, 5.41) is 9.18. The van der Waals surface area contributed by atoms with Crippen molar-refractivity contribution < 1.29 is 19.4 Å². The molecule has 1 aromatic carbocycles. The van der Waals surface area contributed by atoms with E-state index < -0.39 is 5.97 Å². The number of piperidine rings is 1. The van der Waals surface area contributed by atoms with E-state index in [1.165, 1.54) is 11.6 Å². The highest BCUT2D eigenvalue weighted by atomic mass is 16.6. The van der Waals surface area contributed by atoms with E-state index in [0.717, 1.165) is 48.8 Å². The van der Waals surface area contributed by atoms with Gasteiger partial charge in [0, 0.05) is 12.6 Å². The van der Waals surface area contributed by atoms with Crippen molar-refractivity contribution in [3.8, 4) is 11.5 Å². The van der Waals surface area contributed by atoms with Crippen LogP contribution in [0.4, 0.5) is 0 Å². The van der Waals surface area contributed by atoms with Gasteiger partial charge in [0.25, 0.3) is 0 Å². The Morgan fingerprint density at radius 3 is 2.73 bits per heavy atom. The first-order valence-electron chi connectivity index (χ1n) is 10.3. The Hall–Kier alpha value is -3.13. The molecular weight excluding hydrogens is 384 g/mol. The molecule has 156 valence electrons. The van der Waals surface area contributed by atoms with E-state index in [0.29, 0.717) is 31.3 Å². The molecule has 8 nitrogen and oxygen atoms in total. The minimum atomic E-state index is -1.03. The number of aromatic carboxylic acids is 1. The zero-order chi connectivity index (χ0) is 20.7. The van der Waals surface area contributed by atoms with Crippen molar-refractivity contribution in [3.63, 3.8) is 0 Å². The normalized spacial score (nSPS) is 17.4. The summed E-state index contributed by atoms with van der Waals surface area (Å²) < 4.78 is 13.5. The van der Waals surface area contributed by atoms with Gasteiger partial charge < -0.3 is 19.1 Å². The SMILES string of the molecule is Cn1c(CN2CCC(c3cccc4c3OCCO4)CC2)nc2ccc(C(=O)O)nc21. The van der Waals surface area contributed by atoms with Crippen LogP contribution in [-0.2, 0) is 13.6 Å². The number of fused-ring (bicyclic) bond motifs is 2. The van der Waals surface area contributed by atoms with Gasteiger partial charge in [0.05, 0.1) is 6.54 Å². The molecular formula is C22H24N4O4. The number of ether oxygens (including phenoxy) is 2. The molecule has 0 saturated carbocycles. The average Bonchev–Trinajstić information content (AvgIpc) is 3.08. The lowest BCUT2D eigenvalue weighted by Gasteiger charge is -2.33. The van der Waals surface area contributed by atoms with E-state index in [4.69, 9.17) is 9.47 Å². The monoisotopic (exact) mass is 408 g/mol. The molecule has 1 fully saturated rings. The number of aryl methyl sites for hydroxylation is 1. The molecule has 1 N–H and O–H groups in total. The van der Waals surface area contributed by atoms with Gasteiger partial charge in [0.1, 0.15) is 24.6 Å². The summed E-state index contributed by atoms with van der Waals surface area (Å²) in [4.78, 5) is 22.5. The van der Waals surface area contributed by atoms with E-state index in [9.17, 15) is 9.90 Å². The number of carboxylic acids is 1. The van der Waals surface area contributed by atoms with Gasteiger partial charge in [0.15, 0.2) is 22.8 Å². The van der Waals surface area contributed by atoms with Gasteiger partial charge in [-0.15, -0.1) is 0 Å². The van der Waals surface area contributed by atoms with E-state index >= 15 is 0 Å². The number of carbonyl (C=O) groups is 1. The molecule has 2 aromatic heterocycles. The highest BCUT2D eigenvalue weighted by molar-refractivity contribution is 5.88. The van der Waals surface area contributed by atoms with Crippen molar-refractivity contribution >= 4 is 17.1 Å². The molecule has 4 heterocycles. The smallest absolute Gasteiger partial charge is 0.354 e. The van der Waals surface area contributed by atoms with Gasteiger partial charge in [-0.2, -0.15) is 0 Å². The van der Waals surface area contributed by atoms with E-state index in [1.807, 2.05) is 23.7 Å². The first kappa shape index (κ1) is 18.9. The van der Waals surface area contributed by atoms with Crippen molar-refractivity contribution in [1.82, 2.24) is 19.4 Å². The molecule has 3 aromatic rings. The standard InChI is InChI=1S/C22H24N4O4/c1-25-19(23-16-5-6-17(22(27)28)24-21(16)25)13-26-9-7-14(8-10-26)15-3-2-4-18-20(15)30-12-11-29-18/h2-6,14H,7-13H2,1H3,(H,27,28). The van der Waals surface area contributed by atoms with Crippen LogP contribution in [0.1, 0.15) is 40.6 Å². The van der Waals surface area contributed by atoms with Crippen LogP contribution >= 0.6 is 0 Å². The second-order valence-electron chi connectivity index (χ2n) is 7.85. The molecule has 0 atom stereocenters. The van der Waals surface area contributed by atoms with Gasteiger partial charge in [-0.3, -0.25) is 4.90 Å². The Balaban J connectivity index is 1.29. The Morgan fingerprint density at radius 2 is 1.93 bits per heavy atom. The third kappa shape index (κ3) is 3.37. The summed E-state index contributed by atoms with van der Waals surface area (Å²) in [6, 6.07) is 9.40. The maximum atomic E-state index is 11.2. The third-order valence-electron chi connectivity index (χ3n) is 6.02. The Morgan fingerprint density at radius 1 is 1.13 bits per heavy atom. The lowest BCUT2D eigenvalue weighted by molar-refractivity contribution is 0.0691. The largest absolute Gasteiger partial charge is 0.486 e. The van der Waals surface area contributed by atoms with Crippen LogP contribution in [-0.4, -0.2) is 56.8 Å². The summed E-state index contributed by atoms with van der Waals surface area (Å²) in [7, 11) is 1.89. The maximum absolute atomic E-state index is 11.2. The fourth-order valence-corrected chi connectivity index (χ4v) is 4.39. The first-order chi connectivity index (χ1) is 14.6. The summed E-state index contributed by atoms with van der Waals surface area (Å²) in [6.45, 7) is 3.86. The molecule has 1 saturated heterocycles. The number of hydrogen-bond donors (Lipinski definition) is 1. The lowest BCUT2D eigenvalue weighted by atomic mass is 9.88. The van der Waals surface area contributed by atoms with E-state index in [1.54, 1.807) is 6.07 Å². The van der Waals surface area contributed by atoms with Crippen molar-refractivity contribution in [3.05, 3.63) is 47.4 Å². The van der Waals surface area contributed by atoms with Gasteiger partial charge in [-0.1, -0.05) is 12.1 Å². The highest BCUT2D eigenvalue weighted by Crippen LogP contribution is 2.41. The summed E-state index contributed by atoms with van der Waals surface area (Å²) in [6.07, 6.45) is 2.09. The second-order valence-corrected chi connectivity index (χ2v) is 7.85. The van der Waals surface area contributed by atoms with Crippen LogP contribution in [0.3, 0.4) is 0 Å². The molecule has 0 spiro atoms. The van der Waals surface area contributed by atoms with Crippen molar-refractivity contribution in [1.29, 1.82) is 0 Å². The molecule has 0 radical (unpaired) electrons. The van der Waals surface area contributed by atoms with Crippen LogP contribution in [0.25, 0.3) is 11.2 Å². The van der Waals surface area contributed by atoms with Crippen LogP contribution in [0.2, 0.25) is 0 Å². The van der Waals surface area contributed by atoms with Crippen LogP contribution in [0.5, 0.6) is 11.5 Å².